The third-order valence-corrected chi connectivity index (χ3v) is 8.60. The lowest BCUT2D eigenvalue weighted by Crippen LogP contribution is -2.29. The lowest BCUT2D eigenvalue weighted by atomic mass is 9.90. The zero-order valence-electron chi connectivity index (χ0n) is 24.4. The number of benzene rings is 2. The number of nitrogens with zero attached hydrogens (tertiary/aromatic N) is 5. The summed E-state index contributed by atoms with van der Waals surface area (Å²) in [5.74, 6) is -1.06. The number of hydrogen-bond donors (Lipinski definition) is 1. The number of hydrogen-bond acceptors (Lipinski definition) is 9. The Morgan fingerprint density at radius 1 is 0.977 bits per heavy atom. The molecule has 0 aliphatic carbocycles. The quantitative estimate of drug-likeness (QED) is 0.262. The van der Waals surface area contributed by atoms with Crippen molar-refractivity contribution < 1.29 is 35.8 Å². The van der Waals surface area contributed by atoms with Crippen LogP contribution in [0, 0.1) is 0 Å². The van der Waals surface area contributed by atoms with Crippen LogP contribution < -0.4 is 18.9 Å². The number of piperidine rings is 1. The molecule has 2 aromatic heterocycles. The van der Waals surface area contributed by atoms with E-state index in [1.54, 1.807) is 12.1 Å². The van der Waals surface area contributed by atoms with Crippen LogP contribution in [0.1, 0.15) is 29.9 Å². The Hall–Kier alpha value is -4.37. The van der Waals surface area contributed by atoms with Crippen LogP contribution in [0.5, 0.6) is 23.1 Å². The normalized spacial score (nSPS) is 14.8. The molecule has 1 aliphatic rings. The van der Waals surface area contributed by atoms with Crippen LogP contribution in [0.15, 0.2) is 59.8 Å². The van der Waals surface area contributed by atoms with Gasteiger partial charge >= 0.3 is 6.18 Å². The average Bonchev–Trinajstić information content (AvgIpc) is 3.44. The van der Waals surface area contributed by atoms with Gasteiger partial charge in [0.05, 0.1) is 26.1 Å². The van der Waals surface area contributed by atoms with Crippen molar-refractivity contribution >= 4 is 16.0 Å². The van der Waals surface area contributed by atoms with Gasteiger partial charge < -0.3 is 19.1 Å². The van der Waals surface area contributed by atoms with Gasteiger partial charge in [-0.3, -0.25) is 4.68 Å². The summed E-state index contributed by atoms with van der Waals surface area (Å²) in [6.45, 7) is 1.90. The fourth-order valence-electron chi connectivity index (χ4n) is 5.06. The molecule has 0 amide bonds. The molecule has 0 radical (unpaired) electrons. The molecule has 3 heterocycles. The molecule has 0 saturated carbocycles. The van der Waals surface area contributed by atoms with Gasteiger partial charge in [-0.1, -0.05) is 18.2 Å². The molecular weight excluding hydrogens is 601 g/mol. The summed E-state index contributed by atoms with van der Waals surface area (Å²) in [7, 11) is 1.85. The van der Waals surface area contributed by atoms with Gasteiger partial charge in [-0.15, -0.1) is 0 Å². The molecule has 1 saturated heterocycles. The van der Waals surface area contributed by atoms with Crippen molar-refractivity contribution in [3.8, 4) is 34.4 Å². The third-order valence-electron chi connectivity index (χ3n) is 7.32. The highest BCUT2D eigenvalue weighted by Gasteiger charge is 2.41. The predicted molar refractivity (Wildman–Crippen MR) is 156 cm³/mol. The number of likely N-dealkylation sites (tertiary alicyclic amines) is 1. The second-order valence-electron chi connectivity index (χ2n) is 10.3. The zero-order valence-corrected chi connectivity index (χ0v) is 25.2. The number of nitrogens with one attached hydrogen (secondary N) is 1. The van der Waals surface area contributed by atoms with Gasteiger partial charge in [0.25, 0.3) is 10.0 Å². The molecule has 1 aliphatic heterocycles. The monoisotopic (exact) mass is 632 g/mol. The summed E-state index contributed by atoms with van der Waals surface area (Å²) in [4.78, 5) is 9.94. The predicted octanol–water partition coefficient (Wildman–Crippen LogP) is 5.32. The Balaban J connectivity index is 1.63. The lowest BCUT2D eigenvalue weighted by Gasteiger charge is -2.29. The van der Waals surface area contributed by atoms with E-state index in [0.717, 1.165) is 37.7 Å². The van der Waals surface area contributed by atoms with E-state index < -0.39 is 39.3 Å². The van der Waals surface area contributed by atoms with Crippen LogP contribution >= 0.6 is 0 Å². The second kappa shape index (κ2) is 12.3. The van der Waals surface area contributed by atoms with Crippen molar-refractivity contribution in [1.82, 2.24) is 24.6 Å². The first kappa shape index (κ1) is 31.1. The highest BCUT2D eigenvalue weighted by atomic mass is 32.2. The molecule has 15 heteroatoms. The number of methoxy groups -OCH3 is 2. The SMILES string of the molecule is COc1cccc(-c2nc(NS(=O)(=O)c3cnn(C)c3)nc(Oc3ccc(C4CCN(C)CC4)cc3)c2C(F)(F)F)c1OC. The Labute approximate surface area is 252 Å². The number of rotatable bonds is 9. The van der Waals surface area contributed by atoms with Crippen LogP contribution in [-0.2, 0) is 23.2 Å². The molecule has 0 bridgehead atoms. The number of alkyl halides is 3. The Bertz CT molecular complexity index is 1740. The summed E-state index contributed by atoms with van der Waals surface area (Å²) < 4.78 is 90.4. The third kappa shape index (κ3) is 6.58. The maximum Gasteiger partial charge on any atom is 0.423 e. The van der Waals surface area contributed by atoms with E-state index in [1.165, 1.54) is 50.3 Å². The summed E-state index contributed by atoms with van der Waals surface area (Å²) in [5, 5.41) is 3.85. The minimum absolute atomic E-state index is 0.0475. The number of sulfonamides is 1. The van der Waals surface area contributed by atoms with Crippen molar-refractivity contribution in [2.24, 2.45) is 7.05 Å². The van der Waals surface area contributed by atoms with Crippen molar-refractivity contribution in [3.63, 3.8) is 0 Å². The summed E-state index contributed by atoms with van der Waals surface area (Å²) in [6.07, 6.45) is -0.781. The summed E-state index contributed by atoms with van der Waals surface area (Å²) in [5.41, 5.74) is -1.07. The molecule has 2 aromatic carbocycles. The fourth-order valence-corrected chi connectivity index (χ4v) is 5.99. The van der Waals surface area contributed by atoms with Gasteiger partial charge in [0.1, 0.15) is 16.2 Å². The smallest absolute Gasteiger partial charge is 0.423 e. The standard InChI is InChI=1S/C29H31F3N6O5S/c1-37-14-12-19(13-15-37)18-8-10-20(11-9-18)43-27-24(29(30,31)32)25(22-6-5-7-23(41-3)26(22)42-4)34-28(35-27)36-44(39,40)21-16-33-38(2)17-21/h5-11,16-17,19H,12-15H2,1-4H3,(H,34,35,36). The molecule has 44 heavy (non-hydrogen) atoms. The maximum absolute atomic E-state index is 14.8. The van der Waals surface area contributed by atoms with E-state index in [4.69, 9.17) is 14.2 Å². The van der Waals surface area contributed by atoms with Crippen LogP contribution in [0.3, 0.4) is 0 Å². The van der Waals surface area contributed by atoms with Gasteiger partial charge in [0.15, 0.2) is 11.5 Å². The topological polar surface area (TPSA) is 121 Å². The van der Waals surface area contributed by atoms with Crippen LogP contribution in [0.4, 0.5) is 19.1 Å². The number of para-hydroxylation sites is 1. The molecule has 0 atom stereocenters. The van der Waals surface area contributed by atoms with Crippen molar-refractivity contribution in [2.75, 3.05) is 39.1 Å². The van der Waals surface area contributed by atoms with Gasteiger partial charge in [0, 0.05) is 18.8 Å². The summed E-state index contributed by atoms with van der Waals surface area (Å²) in [6, 6.07) is 11.1. The largest absolute Gasteiger partial charge is 0.493 e. The molecule has 1 fully saturated rings. The number of aryl methyl sites for hydroxylation is 1. The highest BCUT2D eigenvalue weighted by Crippen LogP contribution is 2.47. The van der Waals surface area contributed by atoms with Gasteiger partial charge in [0.2, 0.25) is 11.8 Å². The second-order valence-corrected chi connectivity index (χ2v) is 12.0. The fraction of sp³-hybridized carbons (Fsp3) is 0.345. The molecule has 1 N–H and O–H groups in total. The zero-order chi connectivity index (χ0) is 31.6. The first-order valence-corrected chi connectivity index (χ1v) is 15.1. The van der Waals surface area contributed by atoms with Crippen molar-refractivity contribution in [2.45, 2.75) is 29.8 Å². The average molecular weight is 633 g/mol. The molecule has 5 rings (SSSR count). The molecular formula is C29H31F3N6O5S. The van der Waals surface area contributed by atoms with Gasteiger partial charge in [-0.25, -0.2) is 18.1 Å². The Morgan fingerprint density at radius 3 is 2.27 bits per heavy atom. The summed E-state index contributed by atoms with van der Waals surface area (Å²) >= 11 is 0. The van der Waals surface area contributed by atoms with E-state index in [-0.39, 0.29) is 27.7 Å². The van der Waals surface area contributed by atoms with Crippen LogP contribution in [0.2, 0.25) is 0 Å². The number of anilines is 1. The van der Waals surface area contributed by atoms with E-state index >= 15 is 0 Å². The minimum Gasteiger partial charge on any atom is -0.493 e. The van der Waals surface area contributed by atoms with Gasteiger partial charge in [-0.05, 0) is 68.7 Å². The van der Waals surface area contributed by atoms with Gasteiger partial charge in [-0.2, -0.15) is 23.3 Å². The molecule has 4 aromatic rings. The molecule has 0 spiro atoms. The number of halogens is 3. The van der Waals surface area contributed by atoms with Crippen LogP contribution in [0.25, 0.3) is 11.3 Å². The maximum atomic E-state index is 14.8. The van der Waals surface area contributed by atoms with E-state index in [9.17, 15) is 21.6 Å². The Kier molecular flexibility index (Phi) is 8.70. The van der Waals surface area contributed by atoms with E-state index in [2.05, 4.69) is 31.7 Å². The minimum atomic E-state index is -5.02. The first-order valence-electron chi connectivity index (χ1n) is 13.6. The molecule has 234 valence electrons. The number of aromatic nitrogens is 4. The van der Waals surface area contributed by atoms with E-state index in [1.807, 2.05) is 12.1 Å². The molecule has 11 nitrogen and oxygen atoms in total. The van der Waals surface area contributed by atoms with Crippen molar-refractivity contribution in [1.29, 1.82) is 0 Å². The Morgan fingerprint density at radius 2 is 1.68 bits per heavy atom. The lowest BCUT2D eigenvalue weighted by molar-refractivity contribution is -0.138. The van der Waals surface area contributed by atoms with E-state index in [0.29, 0.717) is 5.92 Å². The highest BCUT2D eigenvalue weighted by molar-refractivity contribution is 7.92. The number of ether oxygens (including phenoxy) is 3. The van der Waals surface area contributed by atoms with Crippen LogP contribution in [-0.4, -0.2) is 67.4 Å². The van der Waals surface area contributed by atoms with Crippen molar-refractivity contribution in [3.05, 3.63) is 66.0 Å². The molecule has 0 unspecified atom stereocenters. The first-order chi connectivity index (χ1) is 20.9.